The molecule has 0 spiro atoms. The van der Waals surface area contributed by atoms with E-state index in [1.165, 1.54) is 10.4 Å². The van der Waals surface area contributed by atoms with Crippen LogP contribution in [-0.4, -0.2) is 58.1 Å². The number of benzene rings is 2. The molecule has 4 rings (SSSR count). The van der Waals surface area contributed by atoms with Gasteiger partial charge in [-0.15, -0.1) is 0 Å². The van der Waals surface area contributed by atoms with Crippen LogP contribution in [0, 0.1) is 0 Å². The Hall–Kier alpha value is -2.42. The van der Waals surface area contributed by atoms with Crippen LogP contribution in [0.4, 0.5) is 5.69 Å². The molecule has 7 nitrogen and oxygen atoms in total. The zero-order valence-electron chi connectivity index (χ0n) is 16.8. The zero-order valence-corrected chi connectivity index (χ0v) is 17.6. The number of carbonyl (C=O) groups is 1. The molecule has 0 unspecified atom stereocenters. The number of rotatable bonds is 5. The molecule has 0 amide bonds. The maximum atomic E-state index is 13.1. The first-order chi connectivity index (χ1) is 14.6. The number of piperidine rings is 1. The molecule has 2 aliphatic heterocycles. The summed E-state index contributed by atoms with van der Waals surface area (Å²) in [5.74, 6) is -0.155. The van der Waals surface area contributed by atoms with Crippen LogP contribution in [0.15, 0.2) is 53.4 Å². The Labute approximate surface area is 177 Å². The largest absolute Gasteiger partial charge is 0.423 e. The van der Waals surface area contributed by atoms with Crippen molar-refractivity contribution < 1.29 is 22.7 Å². The van der Waals surface area contributed by atoms with E-state index in [1.807, 2.05) is 11.0 Å². The topological polar surface area (TPSA) is 76.2 Å². The number of morpholine rings is 1. The minimum atomic E-state index is -3.66. The first-order valence-electron chi connectivity index (χ1n) is 10.3. The van der Waals surface area contributed by atoms with Crippen LogP contribution >= 0.6 is 0 Å². The van der Waals surface area contributed by atoms with Gasteiger partial charge in [0.25, 0.3) is 0 Å². The molecule has 2 heterocycles. The Bertz CT molecular complexity index is 982. The Morgan fingerprint density at radius 1 is 0.900 bits per heavy atom. The van der Waals surface area contributed by atoms with E-state index in [1.54, 1.807) is 36.4 Å². The number of hydrogen-bond acceptors (Lipinski definition) is 6. The Balaban J connectivity index is 1.70. The third-order valence-electron chi connectivity index (χ3n) is 5.45. The van der Waals surface area contributed by atoms with E-state index in [-0.39, 0.29) is 10.5 Å². The third kappa shape index (κ3) is 4.50. The second-order valence-electron chi connectivity index (χ2n) is 7.45. The first kappa shape index (κ1) is 20.8. The fourth-order valence-electron chi connectivity index (χ4n) is 3.82. The number of sulfonamides is 1. The highest BCUT2D eigenvalue weighted by molar-refractivity contribution is 7.89. The summed E-state index contributed by atoms with van der Waals surface area (Å²) in [6, 6.07) is 13.5. The van der Waals surface area contributed by atoms with Gasteiger partial charge in [-0.1, -0.05) is 24.6 Å². The van der Waals surface area contributed by atoms with Crippen molar-refractivity contribution in [2.24, 2.45) is 0 Å². The quantitative estimate of drug-likeness (QED) is 0.536. The number of esters is 1. The molecule has 0 saturated carbocycles. The number of anilines is 1. The van der Waals surface area contributed by atoms with E-state index in [4.69, 9.17) is 9.47 Å². The second-order valence-corrected chi connectivity index (χ2v) is 9.38. The smallest absolute Gasteiger partial charge is 0.345 e. The average Bonchev–Trinajstić information content (AvgIpc) is 2.80. The van der Waals surface area contributed by atoms with Crippen LogP contribution in [0.25, 0.3) is 0 Å². The van der Waals surface area contributed by atoms with Gasteiger partial charge in [0, 0.05) is 26.2 Å². The molecule has 0 aromatic heterocycles. The maximum absolute atomic E-state index is 13.1. The van der Waals surface area contributed by atoms with Crippen molar-refractivity contribution in [1.82, 2.24) is 4.31 Å². The van der Waals surface area contributed by atoms with Gasteiger partial charge in [-0.2, -0.15) is 4.31 Å². The summed E-state index contributed by atoms with van der Waals surface area (Å²) in [6.07, 6.45) is 2.75. The van der Waals surface area contributed by atoms with Crippen LogP contribution in [0.3, 0.4) is 0 Å². The van der Waals surface area contributed by atoms with E-state index >= 15 is 0 Å². The maximum Gasteiger partial charge on any atom is 0.345 e. The molecule has 2 aromatic carbocycles. The van der Waals surface area contributed by atoms with Crippen molar-refractivity contribution in [2.75, 3.05) is 44.3 Å². The summed E-state index contributed by atoms with van der Waals surface area (Å²) in [7, 11) is -3.66. The minimum absolute atomic E-state index is 0.126. The monoisotopic (exact) mass is 430 g/mol. The van der Waals surface area contributed by atoms with Crippen molar-refractivity contribution >= 4 is 21.7 Å². The van der Waals surface area contributed by atoms with Gasteiger partial charge in [0.1, 0.15) is 5.75 Å². The summed E-state index contributed by atoms with van der Waals surface area (Å²) < 4.78 is 38.8. The van der Waals surface area contributed by atoms with Crippen molar-refractivity contribution in [3.8, 4) is 5.75 Å². The van der Waals surface area contributed by atoms with Gasteiger partial charge in [-0.3, -0.25) is 0 Å². The summed E-state index contributed by atoms with van der Waals surface area (Å²) in [5, 5.41) is 0. The fourth-order valence-corrected chi connectivity index (χ4v) is 5.37. The summed E-state index contributed by atoms with van der Waals surface area (Å²) in [4.78, 5) is 15.2. The third-order valence-corrected chi connectivity index (χ3v) is 7.34. The molecule has 0 aliphatic carbocycles. The Morgan fingerprint density at radius 3 is 2.30 bits per heavy atom. The number of hydrogen-bond donors (Lipinski definition) is 0. The molecule has 0 N–H and O–H groups in total. The molecule has 160 valence electrons. The molecule has 8 heteroatoms. The van der Waals surface area contributed by atoms with Crippen molar-refractivity contribution in [1.29, 1.82) is 0 Å². The summed E-state index contributed by atoms with van der Waals surface area (Å²) in [5.41, 5.74) is 0.913. The van der Waals surface area contributed by atoms with Crippen molar-refractivity contribution in [3.05, 3.63) is 54.1 Å². The van der Waals surface area contributed by atoms with Gasteiger partial charge in [-0.05, 0) is 43.2 Å². The molecule has 2 saturated heterocycles. The lowest BCUT2D eigenvalue weighted by atomic mass is 10.1. The van der Waals surface area contributed by atoms with Crippen LogP contribution in [-0.2, 0) is 14.8 Å². The van der Waals surface area contributed by atoms with Gasteiger partial charge in [0.2, 0.25) is 10.0 Å². The van der Waals surface area contributed by atoms with Gasteiger partial charge in [0.15, 0.2) is 0 Å². The normalized spacial score (nSPS) is 18.2. The zero-order chi connectivity index (χ0) is 21.0. The number of carbonyl (C=O) groups excluding carboxylic acids is 1. The van der Waals surface area contributed by atoms with Gasteiger partial charge in [-0.25, -0.2) is 13.2 Å². The van der Waals surface area contributed by atoms with Crippen molar-refractivity contribution in [2.45, 2.75) is 24.2 Å². The van der Waals surface area contributed by atoms with E-state index < -0.39 is 16.0 Å². The molecule has 0 radical (unpaired) electrons. The predicted octanol–water partition coefficient (Wildman–Crippen LogP) is 2.92. The molecule has 2 fully saturated rings. The van der Waals surface area contributed by atoms with E-state index in [0.717, 1.165) is 19.3 Å². The second kappa shape index (κ2) is 9.16. The molecule has 30 heavy (non-hydrogen) atoms. The summed E-state index contributed by atoms with van der Waals surface area (Å²) in [6.45, 7) is 3.39. The van der Waals surface area contributed by atoms with Crippen molar-refractivity contribution in [3.63, 3.8) is 0 Å². The highest BCUT2D eigenvalue weighted by Gasteiger charge is 2.29. The standard InChI is InChI=1S/C22H26N2O5S/c25-22(29-18-7-3-1-4-8-18)20-17-19(30(26,27)24-11-5-2-6-12-24)9-10-21(20)23-13-15-28-16-14-23/h1,3-4,7-10,17H,2,5-6,11-16H2. The van der Waals surface area contributed by atoms with E-state index in [2.05, 4.69) is 0 Å². The van der Waals surface area contributed by atoms with Gasteiger partial charge < -0.3 is 14.4 Å². The highest BCUT2D eigenvalue weighted by atomic mass is 32.2. The minimum Gasteiger partial charge on any atom is -0.423 e. The number of para-hydroxylation sites is 1. The Morgan fingerprint density at radius 2 is 1.60 bits per heavy atom. The molecule has 2 aromatic rings. The SMILES string of the molecule is O=C(Oc1ccccc1)c1cc(S(=O)(=O)N2CCCCC2)ccc1N1CCOCC1. The van der Waals surface area contributed by atoms with Gasteiger partial charge >= 0.3 is 5.97 Å². The molecule has 0 bridgehead atoms. The van der Waals surface area contributed by atoms with Crippen LogP contribution in [0.1, 0.15) is 29.6 Å². The predicted molar refractivity (Wildman–Crippen MR) is 113 cm³/mol. The average molecular weight is 431 g/mol. The Kier molecular flexibility index (Phi) is 6.36. The number of nitrogens with zero attached hydrogens (tertiary/aromatic N) is 2. The lowest BCUT2D eigenvalue weighted by molar-refractivity contribution is 0.0734. The lowest BCUT2D eigenvalue weighted by Crippen LogP contribution is -2.38. The van der Waals surface area contributed by atoms with E-state index in [9.17, 15) is 13.2 Å². The first-order valence-corrected chi connectivity index (χ1v) is 11.7. The molecule has 2 aliphatic rings. The van der Waals surface area contributed by atoms with Crippen LogP contribution < -0.4 is 9.64 Å². The van der Waals surface area contributed by atoms with Crippen LogP contribution in [0.5, 0.6) is 5.75 Å². The highest BCUT2D eigenvalue weighted by Crippen LogP contribution is 2.29. The lowest BCUT2D eigenvalue weighted by Gasteiger charge is -2.31. The molecule has 0 atom stereocenters. The van der Waals surface area contributed by atoms with E-state index in [0.29, 0.717) is 50.8 Å². The van der Waals surface area contributed by atoms with Gasteiger partial charge in [0.05, 0.1) is 29.4 Å². The molecular weight excluding hydrogens is 404 g/mol. The summed E-state index contributed by atoms with van der Waals surface area (Å²) >= 11 is 0. The van der Waals surface area contributed by atoms with Crippen LogP contribution in [0.2, 0.25) is 0 Å². The number of ether oxygens (including phenoxy) is 2. The molecular formula is C22H26N2O5S. The fraction of sp³-hybridized carbons (Fsp3) is 0.409.